The van der Waals surface area contributed by atoms with Crippen LogP contribution in [-0.4, -0.2) is 25.1 Å². The molecule has 0 saturated heterocycles. The molecule has 0 saturated carbocycles. The second-order valence-corrected chi connectivity index (χ2v) is 7.44. The second-order valence-electron chi connectivity index (χ2n) is 6.38. The van der Waals surface area contributed by atoms with Gasteiger partial charge in [-0.3, -0.25) is 4.79 Å². The van der Waals surface area contributed by atoms with Crippen LogP contribution < -0.4 is 11.0 Å². The molecule has 4 aromatic rings. The SMILES string of the molecule is CCc1ccc(NC(=O)Cn2nc3c(Sc4ccccc4)nccn3c2=O)cc1. The van der Waals surface area contributed by atoms with Crippen molar-refractivity contribution in [1.82, 2.24) is 19.2 Å². The predicted octanol–water partition coefficient (Wildman–Crippen LogP) is 3.24. The molecule has 8 heteroatoms. The highest BCUT2D eigenvalue weighted by molar-refractivity contribution is 7.99. The lowest BCUT2D eigenvalue weighted by molar-refractivity contribution is -0.117. The molecule has 0 aliphatic carbocycles. The third-order valence-electron chi connectivity index (χ3n) is 4.37. The number of hydrogen-bond acceptors (Lipinski definition) is 5. The monoisotopic (exact) mass is 405 g/mol. The molecule has 0 unspecified atom stereocenters. The minimum atomic E-state index is -0.381. The number of rotatable bonds is 6. The van der Waals surface area contributed by atoms with Gasteiger partial charge in [0.2, 0.25) is 5.91 Å². The lowest BCUT2D eigenvalue weighted by atomic mass is 10.1. The maximum absolute atomic E-state index is 12.7. The van der Waals surface area contributed by atoms with Crippen LogP contribution in [0, 0.1) is 0 Å². The number of aromatic nitrogens is 4. The average molecular weight is 405 g/mol. The maximum atomic E-state index is 12.7. The van der Waals surface area contributed by atoms with Gasteiger partial charge in [0.15, 0.2) is 5.65 Å². The van der Waals surface area contributed by atoms with Crippen molar-refractivity contribution in [1.29, 1.82) is 0 Å². The van der Waals surface area contributed by atoms with E-state index >= 15 is 0 Å². The summed E-state index contributed by atoms with van der Waals surface area (Å²) >= 11 is 1.42. The summed E-state index contributed by atoms with van der Waals surface area (Å²) in [5.74, 6) is -0.315. The molecule has 1 amide bonds. The summed E-state index contributed by atoms with van der Waals surface area (Å²) in [7, 11) is 0. The Kier molecular flexibility index (Phi) is 5.44. The van der Waals surface area contributed by atoms with E-state index < -0.39 is 0 Å². The number of amides is 1. The first-order valence-electron chi connectivity index (χ1n) is 9.20. The highest BCUT2D eigenvalue weighted by Crippen LogP contribution is 2.27. The molecule has 0 aliphatic heterocycles. The first-order valence-corrected chi connectivity index (χ1v) is 10.0. The van der Waals surface area contributed by atoms with Gasteiger partial charge in [-0.25, -0.2) is 18.9 Å². The van der Waals surface area contributed by atoms with Gasteiger partial charge < -0.3 is 5.32 Å². The van der Waals surface area contributed by atoms with Crippen LogP contribution in [0.5, 0.6) is 0 Å². The number of anilines is 1. The molecule has 29 heavy (non-hydrogen) atoms. The summed E-state index contributed by atoms with van der Waals surface area (Å²) < 4.78 is 2.56. The van der Waals surface area contributed by atoms with E-state index in [1.54, 1.807) is 12.4 Å². The summed E-state index contributed by atoms with van der Waals surface area (Å²) in [6.45, 7) is 1.90. The highest BCUT2D eigenvalue weighted by Gasteiger charge is 2.15. The van der Waals surface area contributed by atoms with Crippen molar-refractivity contribution in [3.8, 4) is 0 Å². The zero-order valence-electron chi connectivity index (χ0n) is 15.8. The van der Waals surface area contributed by atoms with Crippen LogP contribution in [0.15, 0.2) is 81.7 Å². The summed E-state index contributed by atoms with van der Waals surface area (Å²) in [5.41, 5.74) is 1.92. The van der Waals surface area contributed by atoms with E-state index in [1.807, 2.05) is 54.6 Å². The Morgan fingerprint density at radius 1 is 1.10 bits per heavy atom. The molecular formula is C21H19N5O2S. The average Bonchev–Trinajstić information content (AvgIpc) is 3.06. The zero-order chi connectivity index (χ0) is 20.2. The summed E-state index contributed by atoms with van der Waals surface area (Å²) in [5, 5.41) is 7.74. The molecule has 0 fully saturated rings. The van der Waals surface area contributed by atoms with Crippen LogP contribution in [0.1, 0.15) is 12.5 Å². The first-order chi connectivity index (χ1) is 14.1. The Balaban J connectivity index is 1.56. The van der Waals surface area contributed by atoms with Gasteiger partial charge in [-0.05, 0) is 36.2 Å². The van der Waals surface area contributed by atoms with Crippen molar-refractivity contribution in [2.75, 3.05) is 5.32 Å². The molecule has 0 radical (unpaired) electrons. The third kappa shape index (κ3) is 4.22. The van der Waals surface area contributed by atoms with Crippen LogP contribution in [0.2, 0.25) is 0 Å². The Morgan fingerprint density at radius 2 is 1.86 bits per heavy atom. The molecule has 0 aliphatic rings. The van der Waals surface area contributed by atoms with E-state index in [0.29, 0.717) is 16.4 Å². The number of carbonyl (C=O) groups is 1. The lowest BCUT2D eigenvalue weighted by Crippen LogP contribution is -2.28. The van der Waals surface area contributed by atoms with E-state index in [2.05, 4.69) is 22.3 Å². The number of carbonyl (C=O) groups excluding carboxylic acids is 1. The standard InChI is InChI=1S/C21H19N5O2S/c1-2-15-8-10-16(11-9-15)23-18(27)14-26-21(28)25-13-12-22-20(19(25)24-26)29-17-6-4-3-5-7-17/h3-13H,2,14H2,1H3,(H,23,27). The summed E-state index contributed by atoms with van der Waals surface area (Å²) in [6, 6.07) is 17.4. The van der Waals surface area contributed by atoms with E-state index in [9.17, 15) is 9.59 Å². The molecule has 7 nitrogen and oxygen atoms in total. The van der Waals surface area contributed by atoms with Crippen molar-refractivity contribution < 1.29 is 4.79 Å². The van der Waals surface area contributed by atoms with Crippen molar-refractivity contribution in [2.24, 2.45) is 0 Å². The van der Waals surface area contributed by atoms with Crippen LogP contribution in [0.25, 0.3) is 5.65 Å². The van der Waals surface area contributed by atoms with E-state index in [-0.39, 0.29) is 18.1 Å². The fourth-order valence-electron chi connectivity index (χ4n) is 2.86. The number of nitrogens with zero attached hydrogens (tertiary/aromatic N) is 4. The molecular weight excluding hydrogens is 386 g/mol. The fraction of sp³-hybridized carbons (Fsp3) is 0.143. The van der Waals surface area contributed by atoms with E-state index in [0.717, 1.165) is 16.0 Å². The van der Waals surface area contributed by atoms with Crippen molar-refractivity contribution in [3.05, 3.63) is 83.0 Å². The minimum absolute atomic E-state index is 0.175. The molecule has 0 atom stereocenters. The number of fused-ring (bicyclic) bond motifs is 1. The Bertz CT molecular complexity index is 1200. The van der Waals surface area contributed by atoms with Crippen molar-refractivity contribution in [3.63, 3.8) is 0 Å². The van der Waals surface area contributed by atoms with Crippen molar-refractivity contribution in [2.45, 2.75) is 29.8 Å². The first kappa shape index (κ1) is 18.9. The van der Waals surface area contributed by atoms with Gasteiger partial charge in [0.25, 0.3) is 0 Å². The topological polar surface area (TPSA) is 81.3 Å². The van der Waals surface area contributed by atoms with Crippen LogP contribution in [0.4, 0.5) is 5.69 Å². The molecule has 2 aromatic heterocycles. The quantitative estimate of drug-likeness (QED) is 0.533. The van der Waals surface area contributed by atoms with Crippen LogP contribution in [-0.2, 0) is 17.8 Å². The smallest absolute Gasteiger partial charge is 0.324 e. The Labute approximate surface area is 171 Å². The maximum Gasteiger partial charge on any atom is 0.350 e. The minimum Gasteiger partial charge on any atom is -0.324 e. The van der Waals surface area contributed by atoms with E-state index in [4.69, 9.17) is 0 Å². The fourth-order valence-corrected chi connectivity index (χ4v) is 3.72. The molecule has 2 aromatic carbocycles. The predicted molar refractivity (Wildman–Crippen MR) is 112 cm³/mol. The Morgan fingerprint density at radius 3 is 2.59 bits per heavy atom. The van der Waals surface area contributed by atoms with E-state index in [1.165, 1.54) is 21.7 Å². The third-order valence-corrected chi connectivity index (χ3v) is 5.36. The largest absolute Gasteiger partial charge is 0.350 e. The molecule has 146 valence electrons. The van der Waals surface area contributed by atoms with Gasteiger partial charge in [0, 0.05) is 23.0 Å². The number of aryl methyl sites for hydroxylation is 1. The lowest BCUT2D eigenvalue weighted by Gasteiger charge is -2.05. The van der Waals surface area contributed by atoms with Gasteiger partial charge in [-0.2, -0.15) is 0 Å². The Hall–Kier alpha value is -3.39. The molecule has 1 N–H and O–H groups in total. The number of benzene rings is 2. The summed E-state index contributed by atoms with van der Waals surface area (Å²) in [4.78, 5) is 30.4. The van der Waals surface area contributed by atoms with Gasteiger partial charge in [-0.1, -0.05) is 49.0 Å². The second kappa shape index (κ2) is 8.32. The summed E-state index contributed by atoms with van der Waals surface area (Å²) in [6.07, 6.45) is 4.04. The van der Waals surface area contributed by atoms with Gasteiger partial charge in [-0.15, -0.1) is 5.10 Å². The normalized spacial score (nSPS) is 10.9. The van der Waals surface area contributed by atoms with Gasteiger partial charge in [0.05, 0.1) is 0 Å². The van der Waals surface area contributed by atoms with Gasteiger partial charge in [0.1, 0.15) is 11.6 Å². The molecule has 0 bridgehead atoms. The molecule has 4 rings (SSSR count). The van der Waals surface area contributed by atoms with Crippen LogP contribution >= 0.6 is 11.8 Å². The number of nitrogens with one attached hydrogen (secondary N) is 1. The molecule has 2 heterocycles. The number of hydrogen-bond donors (Lipinski definition) is 1. The zero-order valence-corrected chi connectivity index (χ0v) is 16.6. The highest BCUT2D eigenvalue weighted by atomic mass is 32.2. The van der Waals surface area contributed by atoms with Crippen molar-refractivity contribution >= 4 is 29.0 Å². The van der Waals surface area contributed by atoms with Crippen LogP contribution in [0.3, 0.4) is 0 Å². The van der Waals surface area contributed by atoms with Gasteiger partial charge >= 0.3 is 5.69 Å². The molecule has 0 spiro atoms.